The number of aliphatic carboxylic acids is 1. The van der Waals surface area contributed by atoms with Gasteiger partial charge < -0.3 is 15.7 Å². The molecule has 0 radical (unpaired) electrons. The summed E-state index contributed by atoms with van der Waals surface area (Å²) in [5.41, 5.74) is 0.825. The Balaban J connectivity index is 2.56. The van der Waals surface area contributed by atoms with Gasteiger partial charge in [-0.25, -0.2) is 9.59 Å². The number of nitrogens with one attached hydrogen (secondary N) is 3. The summed E-state index contributed by atoms with van der Waals surface area (Å²) in [4.78, 5) is 22.9. The summed E-state index contributed by atoms with van der Waals surface area (Å²) < 4.78 is 0. The second kappa shape index (κ2) is 6.77. The second-order valence-electron chi connectivity index (χ2n) is 4.57. The van der Waals surface area contributed by atoms with E-state index in [2.05, 4.69) is 20.8 Å². The predicted molar refractivity (Wildman–Crippen MR) is 69.5 cm³/mol. The van der Waals surface area contributed by atoms with Crippen molar-refractivity contribution in [1.82, 2.24) is 20.8 Å². The minimum atomic E-state index is -1.03. The molecule has 7 nitrogen and oxygen atoms in total. The molecule has 0 fully saturated rings. The van der Waals surface area contributed by atoms with E-state index in [0.29, 0.717) is 6.42 Å². The van der Waals surface area contributed by atoms with E-state index in [1.54, 1.807) is 26.2 Å². The van der Waals surface area contributed by atoms with Crippen molar-refractivity contribution in [3.8, 4) is 0 Å². The molecular formula is C12H20N4O3. The predicted octanol–water partition coefficient (Wildman–Crippen LogP) is 1.27. The summed E-state index contributed by atoms with van der Waals surface area (Å²) in [6.45, 7) is 5.47. The van der Waals surface area contributed by atoms with Crippen LogP contribution in [0.15, 0.2) is 12.4 Å². The SMILES string of the molecule is CC[C@H](C)[C@H](NC(=O)NC(C)c1cn[nH]c1)C(=O)O. The molecule has 7 heteroatoms. The average molecular weight is 268 g/mol. The van der Waals surface area contributed by atoms with Gasteiger partial charge in [-0.15, -0.1) is 0 Å². The van der Waals surface area contributed by atoms with Crippen LogP contribution in [0.1, 0.15) is 38.8 Å². The number of rotatable bonds is 6. The summed E-state index contributed by atoms with van der Waals surface area (Å²) in [7, 11) is 0. The lowest BCUT2D eigenvalue weighted by atomic mass is 9.99. The summed E-state index contributed by atoms with van der Waals surface area (Å²) >= 11 is 0. The van der Waals surface area contributed by atoms with Crippen molar-refractivity contribution in [1.29, 1.82) is 0 Å². The molecule has 3 atom stereocenters. The quantitative estimate of drug-likeness (QED) is 0.623. The lowest BCUT2D eigenvalue weighted by Crippen LogP contribution is -2.49. The van der Waals surface area contributed by atoms with Crippen molar-refractivity contribution in [2.75, 3.05) is 0 Å². The van der Waals surface area contributed by atoms with Crippen LogP contribution < -0.4 is 10.6 Å². The molecule has 1 aromatic rings. The van der Waals surface area contributed by atoms with Crippen LogP contribution in [0.4, 0.5) is 4.79 Å². The molecule has 0 aromatic carbocycles. The molecule has 0 spiro atoms. The zero-order chi connectivity index (χ0) is 14.4. The van der Waals surface area contributed by atoms with E-state index in [4.69, 9.17) is 5.11 Å². The number of carboxylic acid groups (broad SMARTS) is 1. The molecule has 0 aliphatic heterocycles. The number of hydrogen-bond acceptors (Lipinski definition) is 3. The first-order valence-electron chi connectivity index (χ1n) is 6.24. The summed E-state index contributed by atoms with van der Waals surface area (Å²) in [5, 5.41) is 20.7. The highest BCUT2D eigenvalue weighted by Gasteiger charge is 2.25. The Morgan fingerprint density at radius 1 is 1.42 bits per heavy atom. The molecule has 0 saturated carbocycles. The Bertz CT molecular complexity index is 419. The maximum atomic E-state index is 11.8. The van der Waals surface area contributed by atoms with E-state index in [9.17, 15) is 9.59 Å². The van der Waals surface area contributed by atoms with E-state index < -0.39 is 18.0 Å². The maximum Gasteiger partial charge on any atom is 0.326 e. The topological polar surface area (TPSA) is 107 Å². The minimum absolute atomic E-state index is 0.132. The number of carbonyl (C=O) groups is 2. The molecule has 2 amide bonds. The maximum absolute atomic E-state index is 11.8. The van der Waals surface area contributed by atoms with Crippen LogP contribution in [0.25, 0.3) is 0 Å². The number of aromatic amines is 1. The number of carbonyl (C=O) groups excluding carboxylic acids is 1. The summed E-state index contributed by atoms with van der Waals surface area (Å²) in [6.07, 6.45) is 3.96. The summed E-state index contributed by atoms with van der Waals surface area (Å²) in [5.74, 6) is -1.16. The molecule has 1 unspecified atom stereocenters. The normalized spacial score (nSPS) is 15.3. The number of aromatic nitrogens is 2. The molecule has 1 heterocycles. The van der Waals surface area contributed by atoms with Crippen molar-refractivity contribution >= 4 is 12.0 Å². The van der Waals surface area contributed by atoms with Gasteiger partial charge in [-0.3, -0.25) is 5.10 Å². The van der Waals surface area contributed by atoms with Gasteiger partial charge in [0, 0.05) is 11.8 Å². The molecule has 0 bridgehead atoms. The highest BCUT2D eigenvalue weighted by atomic mass is 16.4. The van der Waals surface area contributed by atoms with Crippen LogP contribution in [-0.4, -0.2) is 33.3 Å². The Kier molecular flexibility index (Phi) is 5.35. The molecule has 0 aliphatic carbocycles. The monoisotopic (exact) mass is 268 g/mol. The van der Waals surface area contributed by atoms with Gasteiger partial charge in [0.05, 0.1) is 12.2 Å². The molecule has 106 valence electrons. The smallest absolute Gasteiger partial charge is 0.326 e. The third kappa shape index (κ3) is 4.27. The van der Waals surface area contributed by atoms with Crippen molar-refractivity contribution in [2.45, 2.75) is 39.3 Å². The zero-order valence-electron chi connectivity index (χ0n) is 11.3. The van der Waals surface area contributed by atoms with Crippen LogP contribution in [0.3, 0.4) is 0 Å². The third-order valence-corrected chi connectivity index (χ3v) is 3.13. The highest BCUT2D eigenvalue weighted by molar-refractivity contribution is 5.82. The lowest BCUT2D eigenvalue weighted by Gasteiger charge is -2.21. The number of nitrogens with zero attached hydrogens (tertiary/aromatic N) is 1. The van der Waals surface area contributed by atoms with E-state index in [-0.39, 0.29) is 12.0 Å². The lowest BCUT2D eigenvalue weighted by molar-refractivity contribution is -0.140. The fourth-order valence-corrected chi connectivity index (χ4v) is 1.64. The Labute approximate surface area is 111 Å². The number of urea groups is 1. The first-order chi connectivity index (χ1) is 8.95. The molecule has 4 N–H and O–H groups in total. The van der Waals surface area contributed by atoms with Crippen molar-refractivity contribution in [3.05, 3.63) is 18.0 Å². The number of hydrogen-bond donors (Lipinski definition) is 4. The number of carboxylic acids is 1. The summed E-state index contributed by atoms with van der Waals surface area (Å²) in [6, 6.07) is -1.63. The van der Waals surface area contributed by atoms with Gasteiger partial charge in [0.25, 0.3) is 0 Å². The first-order valence-corrected chi connectivity index (χ1v) is 6.24. The largest absolute Gasteiger partial charge is 0.480 e. The van der Waals surface area contributed by atoms with Gasteiger partial charge in [0.2, 0.25) is 0 Å². The van der Waals surface area contributed by atoms with Crippen molar-refractivity contribution < 1.29 is 14.7 Å². The van der Waals surface area contributed by atoms with Crippen molar-refractivity contribution in [2.24, 2.45) is 5.92 Å². The standard InChI is InChI=1S/C12H20N4O3/c1-4-7(2)10(11(17)18)16-12(19)15-8(3)9-5-13-14-6-9/h5-8,10H,4H2,1-3H3,(H,13,14)(H,17,18)(H2,15,16,19)/t7-,8?,10-/m0/s1. The van der Waals surface area contributed by atoms with E-state index in [1.807, 2.05) is 6.92 Å². The Morgan fingerprint density at radius 2 is 2.11 bits per heavy atom. The first kappa shape index (κ1) is 15.0. The highest BCUT2D eigenvalue weighted by Crippen LogP contribution is 2.10. The van der Waals surface area contributed by atoms with Gasteiger partial charge in [-0.2, -0.15) is 5.10 Å². The molecule has 1 rings (SSSR count). The molecule has 1 aromatic heterocycles. The van der Waals surface area contributed by atoms with Crippen LogP contribution in [0.2, 0.25) is 0 Å². The van der Waals surface area contributed by atoms with E-state index in [1.165, 1.54) is 0 Å². The molecular weight excluding hydrogens is 248 g/mol. The van der Waals surface area contributed by atoms with Gasteiger partial charge >= 0.3 is 12.0 Å². The Morgan fingerprint density at radius 3 is 2.58 bits per heavy atom. The fourth-order valence-electron chi connectivity index (χ4n) is 1.64. The van der Waals surface area contributed by atoms with E-state index >= 15 is 0 Å². The van der Waals surface area contributed by atoms with Crippen LogP contribution >= 0.6 is 0 Å². The molecule has 0 aliphatic rings. The van der Waals surface area contributed by atoms with Crippen LogP contribution in [0, 0.1) is 5.92 Å². The van der Waals surface area contributed by atoms with Gasteiger partial charge in [0.15, 0.2) is 0 Å². The van der Waals surface area contributed by atoms with Crippen LogP contribution in [-0.2, 0) is 4.79 Å². The van der Waals surface area contributed by atoms with Crippen LogP contribution in [0.5, 0.6) is 0 Å². The molecule has 0 saturated heterocycles. The van der Waals surface area contributed by atoms with Gasteiger partial charge in [-0.1, -0.05) is 20.3 Å². The zero-order valence-corrected chi connectivity index (χ0v) is 11.3. The fraction of sp³-hybridized carbons (Fsp3) is 0.583. The van der Waals surface area contributed by atoms with E-state index in [0.717, 1.165) is 5.56 Å². The average Bonchev–Trinajstić information content (AvgIpc) is 2.88. The third-order valence-electron chi connectivity index (χ3n) is 3.13. The van der Waals surface area contributed by atoms with Crippen molar-refractivity contribution in [3.63, 3.8) is 0 Å². The second-order valence-corrected chi connectivity index (χ2v) is 4.57. The number of amides is 2. The van der Waals surface area contributed by atoms with Gasteiger partial charge in [-0.05, 0) is 12.8 Å². The molecule has 19 heavy (non-hydrogen) atoms. The Hall–Kier alpha value is -2.05. The van der Waals surface area contributed by atoms with Gasteiger partial charge in [0.1, 0.15) is 6.04 Å². The number of H-pyrrole nitrogens is 1. The minimum Gasteiger partial charge on any atom is -0.480 e.